The number of allylic oxidation sites excluding steroid dienone is 3. The van der Waals surface area contributed by atoms with E-state index in [9.17, 15) is 9.59 Å². The van der Waals surface area contributed by atoms with Crippen molar-refractivity contribution in [1.29, 1.82) is 0 Å². The predicted octanol–water partition coefficient (Wildman–Crippen LogP) is 3.21. The van der Waals surface area contributed by atoms with Crippen LogP contribution in [-0.4, -0.2) is 57.2 Å². The van der Waals surface area contributed by atoms with Crippen LogP contribution >= 0.6 is 0 Å². The molecule has 178 valence electrons. The van der Waals surface area contributed by atoms with Gasteiger partial charge in [0.25, 0.3) is 5.91 Å². The lowest BCUT2D eigenvalue weighted by molar-refractivity contribution is 0.0966. The molecule has 1 aliphatic heterocycles. The molecule has 1 aliphatic carbocycles. The summed E-state index contributed by atoms with van der Waals surface area (Å²) in [5.74, 6) is -0.104. The van der Waals surface area contributed by atoms with Gasteiger partial charge in [0, 0.05) is 36.6 Å². The zero-order valence-corrected chi connectivity index (χ0v) is 19.9. The molecule has 3 rings (SSSR count). The summed E-state index contributed by atoms with van der Waals surface area (Å²) in [5.41, 5.74) is 14.0. The van der Waals surface area contributed by atoms with Crippen molar-refractivity contribution in [1.82, 2.24) is 10.2 Å². The lowest BCUT2D eigenvalue weighted by Gasteiger charge is -2.18. The van der Waals surface area contributed by atoms with Gasteiger partial charge in [-0.1, -0.05) is 19.9 Å². The average molecular weight is 446 g/mol. The molecule has 0 radical (unpaired) electrons. The number of hydrogen-bond donors (Lipinski definition) is 3. The molecule has 32 heavy (non-hydrogen) atoms. The fraction of sp³-hybridized carbons (Fsp3) is 0.500. The molecule has 2 amide bonds. The van der Waals surface area contributed by atoms with Crippen LogP contribution in [0.2, 0.25) is 0 Å². The number of nitrogens with one attached hydrogen (secondary N) is 1. The highest BCUT2D eigenvalue weighted by atomic mass is 16.5. The summed E-state index contributed by atoms with van der Waals surface area (Å²) in [5, 5.41) is 2.89. The van der Waals surface area contributed by atoms with Crippen LogP contribution in [0.3, 0.4) is 0 Å². The smallest absolute Gasteiger partial charge is 0.404 e. The largest absolute Gasteiger partial charge is 0.448 e. The monoisotopic (exact) mass is 445 g/mol. The summed E-state index contributed by atoms with van der Waals surface area (Å²) in [6.45, 7) is 7.30. The maximum absolute atomic E-state index is 12.2. The van der Waals surface area contributed by atoms with E-state index in [1.54, 1.807) is 0 Å². The molecule has 0 bridgehead atoms. The molecule has 1 aromatic rings. The summed E-state index contributed by atoms with van der Waals surface area (Å²) in [6, 6.07) is 7.81. The van der Waals surface area contributed by atoms with Gasteiger partial charge >= 0.3 is 6.09 Å². The fourth-order valence-corrected chi connectivity index (χ4v) is 3.13. The fourth-order valence-electron chi connectivity index (χ4n) is 3.13. The molecule has 0 atom stereocenters. The zero-order valence-electron chi connectivity index (χ0n) is 19.9. The van der Waals surface area contributed by atoms with Crippen LogP contribution in [-0.2, 0) is 4.74 Å². The Morgan fingerprint density at radius 1 is 1.12 bits per heavy atom. The van der Waals surface area contributed by atoms with Crippen molar-refractivity contribution in [3.8, 4) is 0 Å². The molecule has 0 spiro atoms. The van der Waals surface area contributed by atoms with Crippen LogP contribution in [0.1, 0.15) is 49.9 Å². The maximum Gasteiger partial charge on any atom is 0.404 e. The van der Waals surface area contributed by atoms with Crippen LogP contribution in [0.15, 0.2) is 47.8 Å². The number of hydrogen-bond acceptors (Lipinski definition) is 6. The number of anilines is 1. The van der Waals surface area contributed by atoms with Gasteiger partial charge in [-0.3, -0.25) is 4.79 Å². The number of ether oxygens (including phenoxy) is 1. The Morgan fingerprint density at radius 2 is 1.75 bits per heavy atom. The van der Waals surface area contributed by atoms with Crippen molar-refractivity contribution in [3.05, 3.63) is 53.4 Å². The van der Waals surface area contributed by atoms with Crippen molar-refractivity contribution < 1.29 is 14.3 Å². The Balaban J connectivity index is 0.000000396. The predicted molar refractivity (Wildman–Crippen MR) is 130 cm³/mol. The third-order valence-electron chi connectivity index (χ3n) is 4.84. The van der Waals surface area contributed by atoms with Gasteiger partial charge in [0.05, 0.1) is 5.70 Å². The highest BCUT2D eigenvalue weighted by Gasteiger charge is 2.14. The van der Waals surface area contributed by atoms with Crippen LogP contribution < -0.4 is 21.7 Å². The Bertz CT molecular complexity index is 766. The molecule has 0 saturated carbocycles. The SMILES string of the molecule is CC.CN(C)CCOC(N)=O.NC1=C(NC(=O)c2ccc(N3CCCC3)cc2)C=CCC1. The van der Waals surface area contributed by atoms with E-state index in [2.05, 4.69) is 15.0 Å². The first kappa shape index (κ1) is 27.0. The molecular formula is C24H39N5O3. The molecule has 0 aromatic heterocycles. The number of nitrogens with zero attached hydrogens (tertiary/aromatic N) is 2. The van der Waals surface area contributed by atoms with Crippen LogP contribution in [0.5, 0.6) is 0 Å². The molecule has 8 nitrogen and oxygen atoms in total. The number of benzene rings is 1. The summed E-state index contributed by atoms with van der Waals surface area (Å²) >= 11 is 0. The number of nitrogens with two attached hydrogens (primary N) is 2. The van der Waals surface area contributed by atoms with Crippen molar-refractivity contribution in [2.24, 2.45) is 11.5 Å². The first-order valence-corrected chi connectivity index (χ1v) is 11.3. The number of carbonyl (C=O) groups excluding carboxylic acids is 2. The number of amides is 2. The van der Waals surface area contributed by atoms with E-state index in [0.717, 1.165) is 37.3 Å². The lowest BCUT2D eigenvalue weighted by Crippen LogP contribution is -2.26. The Hall–Kier alpha value is -3.00. The average Bonchev–Trinajstić information content (AvgIpc) is 3.32. The molecule has 5 N–H and O–H groups in total. The van der Waals surface area contributed by atoms with Gasteiger partial charge in [0.1, 0.15) is 6.61 Å². The van der Waals surface area contributed by atoms with Gasteiger partial charge in [0.2, 0.25) is 0 Å². The standard InChI is InChI=1S/C17H21N3O.C5H12N2O2.C2H6/c18-15-5-1-2-6-16(15)19-17(21)13-7-9-14(10-8-13)20-11-3-4-12-20;1-7(2)3-4-9-5(6)8;1-2/h2,6-10H,1,3-5,11-12,18H2,(H,19,21);3-4H2,1-2H3,(H2,6,8);1-2H3. The van der Waals surface area contributed by atoms with Crippen molar-refractivity contribution in [2.75, 3.05) is 45.2 Å². The molecular weight excluding hydrogens is 406 g/mol. The molecule has 1 fully saturated rings. The van der Waals surface area contributed by atoms with Gasteiger partial charge in [-0.05, 0) is 70.1 Å². The number of carbonyl (C=O) groups is 2. The summed E-state index contributed by atoms with van der Waals surface area (Å²) in [7, 11) is 3.79. The van der Waals surface area contributed by atoms with E-state index < -0.39 is 6.09 Å². The van der Waals surface area contributed by atoms with E-state index >= 15 is 0 Å². The Labute approximate surface area is 192 Å². The second kappa shape index (κ2) is 14.9. The number of primary amides is 1. The van der Waals surface area contributed by atoms with E-state index in [1.165, 1.54) is 18.5 Å². The lowest BCUT2D eigenvalue weighted by atomic mass is 10.1. The van der Waals surface area contributed by atoms with Gasteiger partial charge < -0.3 is 31.3 Å². The highest BCUT2D eigenvalue weighted by Crippen LogP contribution is 2.20. The van der Waals surface area contributed by atoms with Crippen molar-refractivity contribution in [2.45, 2.75) is 39.5 Å². The number of rotatable bonds is 6. The summed E-state index contributed by atoms with van der Waals surface area (Å²) < 4.78 is 4.45. The normalized spacial score (nSPS) is 14.8. The van der Waals surface area contributed by atoms with E-state index in [0.29, 0.717) is 18.7 Å². The summed E-state index contributed by atoms with van der Waals surface area (Å²) in [6.07, 6.45) is 7.45. The summed E-state index contributed by atoms with van der Waals surface area (Å²) in [4.78, 5) is 26.5. The first-order valence-electron chi connectivity index (χ1n) is 11.3. The van der Waals surface area contributed by atoms with E-state index in [4.69, 9.17) is 11.5 Å². The Morgan fingerprint density at radius 3 is 2.28 bits per heavy atom. The topological polar surface area (TPSA) is 114 Å². The second-order valence-corrected chi connectivity index (χ2v) is 7.55. The third-order valence-corrected chi connectivity index (χ3v) is 4.84. The van der Waals surface area contributed by atoms with Crippen LogP contribution in [0, 0.1) is 0 Å². The highest BCUT2D eigenvalue weighted by molar-refractivity contribution is 5.96. The van der Waals surface area contributed by atoms with Crippen molar-refractivity contribution >= 4 is 17.7 Å². The quantitative estimate of drug-likeness (QED) is 0.620. The van der Waals surface area contributed by atoms with E-state index in [1.807, 2.05) is 69.3 Å². The molecule has 1 aromatic carbocycles. The molecule has 0 unspecified atom stereocenters. The van der Waals surface area contributed by atoms with Crippen molar-refractivity contribution in [3.63, 3.8) is 0 Å². The molecule has 8 heteroatoms. The minimum atomic E-state index is -0.711. The van der Waals surface area contributed by atoms with Gasteiger partial charge in [-0.15, -0.1) is 0 Å². The van der Waals surface area contributed by atoms with Gasteiger partial charge in [-0.25, -0.2) is 4.79 Å². The first-order chi connectivity index (χ1) is 15.4. The maximum atomic E-state index is 12.2. The van der Waals surface area contributed by atoms with Gasteiger partial charge in [-0.2, -0.15) is 0 Å². The Kier molecular flexibility index (Phi) is 12.6. The van der Waals surface area contributed by atoms with Crippen LogP contribution in [0.4, 0.5) is 10.5 Å². The number of likely N-dealkylation sites (N-methyl/N-ethyl adjacent to an activating group) is 1. The second-order valence-electron chi connectivity index (χ2n) is 7.55. The molecule has 1 saturated heterocycles. The molecule has 2 aliphatic rings. The zero-order chi connectivity index (χ0) is 23.9. The molecule has 1 heterocycles. The minimum Gasteiger partial charge on any atom is -0.448 e. The van der Waals surface area contributed by atoms with E-state index in [-0.39, 0.29) is 5.91 Å². The van der Waals surface area contributed by atoms with Crippen LogP contribution in [0.25, 0.3) is 0 Å². The minimum absolute atomic E-state index is 0.104. The van der Waals surface area contributed by atoms with Gasteiger partial charge in [0.15, 0.2) is 0 Å². The third kappa shape index (κ3) is 9.87.